The van der Waals surface area contributed by atoms with Gasteiger partial charge in [-0.15, -0.1) is 0 Å². The van der Waals surface area contributed by atoms with Crippen molar-refractivity contribution in [3.63, 3.8) is 0 Å². The van der Waals surface area contributed by atoms with Crippen molar-refractivity contribution >= 4 is 11.9 Å². The van der Waals surface area contributed by atoms with Gasteiger partial charge < -0.3 is 15.5 Å². The highest BCUT2D eigenvalue weighted by Crippen LogP contribution is 2.19. The van der Waals surface area contributed by atoms with E-state index in [9.17, 15) is 9.59 Å². The molecule has 1 amide bonds. The normalized spacial score (nSPS) is 11.1. The van der Waals surface area contributed by atoms with Crippen molar-refractivity contribution in [3.8, 4) is 5.75 Å². The summed E-state index contributed by atoms with van der Waals surface area (Å²) in [6.45, 7) is 3.49. The first-order valence-electron chi connectivity index (χ1n) is 6.09. The van der Waals surface area contributed by atoms with Crippen LogP contribution in [0.25, 0.3) is 0 Å². The molecule has 5 heteroatoms. The highest BCUT2D eigenvalue weighted by molar-refractivity contribution is 5.84. The lowest BCUT2D eigenvalue weighted by Gasteiger charge is -2.18. The van der Waals surface area contributed by atoms with Gasteiger partial charge in [0.2, 0.25) is 5.91 Å². The fourth-order valence-electron chi connectivity index (χ4n) is 1.55. The van der Waals surface area contributed by atoms with E-state index >= 15 is 0 Å². The molecule has 1 aromatic rings. The maximum absolute atomic E-state index is 11.6. The predicted molar refractivity (Wildman–Crippen MR) is 70.9 cm³/mol. The van der Waals surface area contributed by atoms with Crippen molar-refractivity contribution in [1.82, 2.24) is 5.32 Å². The Balaban J connectivity index is 2.35. The van der Waals surface area contributed by atoms with Crippen LogP contribution < -0.4 is 5.32 Å². The van der Waals surface area contributed by atoms with Gasteiger partial charge >= 0.3 is 5.97 Å². The lowest BCUT2D eigenvalue weighted by molar-refractivity contribution is -0.149. The molecule has 0 aromatic heterocycles. The molecular weight excluding hydrogens is 246 g/mol. The van der Waals surface area contributed by atoms with E-state index in [1.54, 1.807) is 24.3 Å². The van der Waals surface area contributed by atoms with Crippen LogP contribution in [0.3, 0.4) is 0 Å². The number of carboxylic acid groups (broad SMARTS) is 1. The summed E-state index contributed by atoms with van der Waals surface area (Å²) in [7, 11) is 0. The third-order valence-corrected chi connectivity index (χ3v) is 2.85. The molecule has 1 rings (SSSR count). The molecule has 0 spiro atoms. The zero-order chi connectivity index (χ0) is 14.5. The number of phenolic OH excluding ortho intramolecular Hbond substituents is 1. The van der Waals surface area contributed by atoms with Gasteiger partial charge in [0.1, 0.15) is 5.75 Å². The minimum Gasteiger partial charge on any atom is -0.508 e. The highest BCUT2D eigenvalue weighted by Gasteiger charge is 2.29. The average molecular weight is 265 g/mol. The number of carbonyl (C=O) groups excluding carboxylic acids is 1. The van der Waals surface area contributed by atoms with Crippen LogP contribution in [0.15, 0.2) is 24.3 Å². The van der Waals surface area contributed by atoms with E-state index in [-0.39, 0.29) is 18.1 Å². The second-order valence-electron chi connectivity index (χ2n) is 5.13. The first-order valence-corrected chi connectivity index (χ1v) is 6.09. The van der Waals surface area contributed by atoms with Gasteiger partial charge in [0.25, 0.3) is 0 Å². The molecule has 0 radical (unpaired) electrons. The number of carbonyl (C=O) groups is 2. The standard InChI is InChI=1S/C14H19NO4/c1-14(2,13(18)19)9-12(17)15-8-7-10-3-5-11(16)6-4-10/h3-6,16H,7-9H2,1-2H3,(H,15,17)(H,18,19). The lowest BCUT2D eigenvalue weighted by atomic mass is 9.89. The van der Waals surface area contributed by atoms with E-state index in [1.807, 2.05) is 0 Å². The van der Waals surface area contributed by atoms with E-state index < -0.39 is 11.4 Å². The fourth-order valence-corrected chi connectivity index (χ4v) is 1.55. The van der Waals surface area contributed by atoms with Gasteiger partial charge in [0.15, 0.2) is 0 Å². The molecule has 1 aromatic carbocycles. The summed E-state index contributed by atoms with van der Waals surface area (Å²) in [6.07, 6.45) is 0.595. The fraction of sp³-hybridized carbons (Fsp3) is 0.429. The summed E-state index contributed by atoms with van der Waals surface area (Å²) in [4.78, 5) is 22.5. The van der Waals surface area contributed by atoms with Crippen molar-refractivity contribution < 1.29 is 19.8 Å². The van der Waals surface area contributed by atoms with E-state index in [2.05, 4.69) is 5.32 Å². The molecule has 0 heterocycles. The minimum absolute atomic E-state index is 0.0437. The van der Waals surface area contributed by atoms with Crippen molar-refractivity contribution in [3.05, 3.63) is 29.8 Å². The third kappa shape index (κ3) is 4.99. The Hall–Kier alpha value is -2.04. The molecule has 0 aliphatic carbocycles. The summed E-state index contributed by atoms with van der Waals surface area (Å²) in [6, 6.07) is 6.74. The molecule has 5 nitrogen and oxygen atoms in total. The zero-order valence-electron chi connectivity index (χ0n) is 11.1. The molecule has 0 fully saturated rings. The zero-order valence-corrected chi connectivity index (χ0v) is 11.1. The average Bonchev–Trinajstić information content (AvgIpc) is 2.31. The number of aromatic hydroxyl groups is 1. The summed E-state index contributed by atoms with van der Waals surface area (Å²) < 4.78 is 0. The maximum atomic E-state index is 11.6. The molecule has 19 heavy (non-hydrogen) atoms. The number of phenols is 1. The van der Waals surface area contributed by atoms with E-state index in [0.717, 1.165) is 5.56 Å². The van der Waals surface area contributed by atoms with Crippen molar-refractivity contribution in [2.45, 2.75) is 26.7 Å². The van der Waals surface area contributed by atoms with Crippen LogP contribution in [0.2, 0.25) is 0 Å². The quantitative estimate of drug-likeness (QED) is 0.728. The first-order chi connectivity index (χ1) is 8.81. The van der Waals surface area contributed by atoms with Gasteiger partial charge in [-0.25, -0.2) is 0 Å². The topological polar surface area (TPSA) is 86.6 Å². The van der Waals surface area contributed by atoms with Crippen LogP contribution in [-0.2, 0) is 16.0 Å². The molecule has 104 valence electrons. The van der Waals surface area contributed by atoms with Gasteiger partial charge in [-0.05, 0) is 38.0 Å². The Kier molecular flexibility index (Phi) is 4.92. The summed E-state index contributed by atoms with van der Waals surface area (Å²) in [5.41, 5.74) is -0.0570. The molecule has 0 saturated carbocycles. The molecule has 0 unspecified atom stereocenters. The largest absolute Gasteiger partial charge is 0.508 e. The SMILES string of the molecule is CC(C)(CC(=O)NCCc1ccc(O)cc1)C(=O)O. The molecule has 0 aliphatic heterocycles. The number of rotatable bonds is 6. The molecular formula is C14H19NO4. The van der Waals surface area contributed by atoms with E-state index in [0.29, 0.717) is 13.0 Å². The van der Waals surface area contributed by atoms with Crippen LogP contribution in [0.4, 0.5) is 0 Å². The maximum Gasteiger partial charge on any atom is 0.309 e. The monoisotopic (exact) mass is 265 g/mol. The second kappa shape index (κ2) is 6.22. The number of hydrogen-bond donors (Lipinski definition) is 3. The summed E-state index contributed by atoms with van der Waals surface area (Å²) >= 11 is 0. The van der Waals surface area contributed by atoms with Crippen molar-refractivity contribution in [1.29, 1.82) is 0 Å². The third-order valence-electron chi connectivity index (χ3n) is 2.85. The van der Waals surface area contributed by atoms with E-state index in [4.69, 9.17) is 10.2 Å². The Morgan fingerprint density at radius 3 is 2.32 bits per heavy atom. The summed E-state index contributed by atoms with van der Waals surface area (Å²) in [5, 5.41) is 20.7. The second-order valence-corrected chi connectivity index (χ2v) is 5.13. The Morgan fingerprint density at radius 2 is 1.79 bits per heavy atom. The molecule has 0 bridgehead atoms. The number of nitrogens with one attached hydrogen (secondary N) is 1. The first kappa shape index (κ1) is 15.0. The molecule has 0 saturated heterocycles. The highest BCUT2D eigenvalue weighted by atomic mass is 16.4. The Bertz CT molecular complexity index is 451. The number of carboxylic acids is 1. The van der Waals surface area contributed by atoms with Gasteiger partial charge in [-0.1, -0.05) is 12.1 Å². The van der Waals surface area contributed by atoms with E-state index in [1.165, 1.54) is 13.8 Å². The Labute approximate surface area is 112 Å². The summed E-state index contributed by atoms with van der Waals surface area (Å²) in [5.74, 6) is -1.05. The molecule has 3 N–H and O–H groups in total. The van der Waals surface area contributed by atoms with Crippen molar-refractivity contribution in [2.75, 3.05) is 6.54 Å². The van der Waals surface area contributed by atoms with Crippen molar-refractivity contribution in [2.24, 2.45) is 5.41 Å². The number of benzene rings is 1. The van der Waals surface area contributed by atoms with Crippen LogP contribution in [0, 0.1) is 5.41 Å². The number of amides is 1. The Morgan fingerprint density at radius 1 is 1.21 bits per heavy atom. The van der Waals surface area contributed by atoms with Gasteiger partial charge in [0.05, 0.1) is 5.41 Å². The molecule has 0 aliphatic rings. The lowest BCUT2D eigenvalue weighted by Crippen LogP contribution is -2.34. The number of aliphatic carboxylic acids is 1. The van der Waals surface area contributed by atoms with Crippen LogP contribution in [-0.4, -0.2) is 28.6 Å². The molecule has 0 atom stereocenters. The van der Waals surface area contributed by atoms with Crippen LogP contribution in [0.1, 0.15) is 25.8 Å². The number of hydrogen-bond acceptors (Lipinski definition) is 3. The van der Waals surface area contributed by atoms with Crippen LogP contribution in [0.5, 0.6) is 5.75 Å². The smallest absolute Gasteiger partial charge is 0.309 e. The van der Waals surface area contributed by atoms with Crippen LogP contribution >= 0.6 is 0 Å². The minimum atomic E-state index is -1.05. The van der Waals surface area contributed by atoms with Gasteiger partial charge in [0, 0.05) is 13.0 Å². The van der Waals surface area contributed by atoms with Gasteiger partial charge in [-0.3, -0.25) is 9.59 Å². The predicted octanol–water partition coefficient (Wildman–Crippen LogP) is 1.55. The van der Waals surface area contributed by atoms with Gasteiger partial charge in [-0.2, -0.15) is 0 Å².